The minimum absolute atomic E-state index is 0.108. The Morgan fingerprint density at radius 2 is 1.86 bits per heavy atom. The number of ether oxygens (including phenoxy) is 2. The summed E-state index contributed by atoms with van der Waals surface area (Å²) in [6, 6.07) is 6.57. The first-order valence-electron chi connectivity index (χ1n) is 7.95. The molecule has 0 amide bonds. The summed E-state index contributed by atoms with van der Waals surface area (Å²) in [7, 11) is 1.72. The molecule has 0 heterocycles. The number of nitrogens with one attached hydrogen (secondary N) is 1. The van der Waals surface area contributed by atoms with Gasteiger partial charge in [0.25, 0.3) is 0 Å². The van der Waals surface area contributed by atoms with Crippen molar-refractivity contribution in [2.45, 2.75) is 46.0 Å². The smallest absolute Gasteiger partial charge is 0.123 e. The topological polar surface area (TPSA) is 30.5 Å². The highest BCUT2D eigenvalue weighted by Crippen LogP contribution is 2.32. The molecule has 3 nitrogen and oxygen atoms in total. The van der Waals surface area contributed by atoms with Gasteiger partial charge in [0.15, 0.2) is 0 Å². The zero-order chi connectivity index (χ0) is 15.7. The third kappa shape index (κ3) is 6.49. The normalized spacial score (nSPS) is 11.7. The lowest BCUT2D eigenvalue weighted by Crippen LogP contribution is -2.22. The fourth-order valence-electron chi connectivity index (χ4n) is 2.19. The molecule has 1 aromatic rings. The van der Waals surface area contributed by atoms with Gasteiger partial charge in [-0.3, -0.25) is 0 Å². The second kappa shape index (κ2) is 9.06. The van der Waals surface area contributed by atoms with E-state index in [1.54, 1.807) is 7.11 Å². The van der Waals surface area contributed by atoms with Crippen LogP contribution in [-0.2, 0) is 16.6 Å². The minimum Gasteiger partial charge on any atom is -0.493 e. The van der Waals surface area contributed by atoms with E-state index in [4.69, 9.17) is 9.47 Å². The molecule has 0 unspecified atom stereocenters. The van der Waals surface area contributed by atoms with Crippen molar-refractivity contribution in [1.82, 2.24) is 5.32 Å². The van der Waals surface area contributed by atoms with Gasteiger partial charge in [0.2, 0.25) is 0 Å². The quantitative estimate of drug-likeness (QED) is 0.706. The average molecular weight is 293 g/mol. The van der Waals surface area contributed by atoms with Crippen molar-refractivity contribution in [1.29, 1.82) is 0 Å². The van der Waals surface area contributed by atoms with Gasteiger partial charge in [0.1, 0.15) is 5.75 Å². The third-order valence-electron chi connectivity index (χ3n) is 3.50. The number of hydrogen-bond acceptors (Lipinski definition) is 3. The van der Waals surface area contributed by atoms with Gasteiger partial charge >= 0.3 is 0 Å². The monoisotopic (exact) mass is 293 g/mol. The molecule has 21 heavy (non-hydrogen) atoms. The lowest BCUT2D eigenvalue weighted by molar-refractivity contribution is 0.198. The van der Waals surface area contributed by atoms with Crippen LogP contribution in [0.4, 0.5) is 0 Å². The maximum absolute atomic E-state index is 6.00. The van der Waals surface area contributed by atoms with Crippen LogP contribution in [0.25, 0.3) is 0 Å². The van der Waals surface area contributed by atoms with Crippen LogP contribution >= 0.6 is 0 Å². The molecule has 120 valence electrons. The highest BCUT2D eigenvalue weighted by atomic mass is 16.5. The molecule has 0 spiro atoms. The zero-order valence-corrected chi connectivity index (χ0v) is 14.3. The Balaban J connectivity index is 2.51. The van der Waals surface area contributed by atoms with Crippen LogP contribution < -0.4 is 10.1 Å². The molecule has 1 N–H and O–H groups in total. The van der Waals surface area contributed by atoms with Crippen LogP contribution in [0.2, 0.25) is 0 Å². The number of aryl methyl sites for hydroxylation is 1. The number of methoxy groups -OCH3 is 1. The Kier molecular flexibility index (Phi) is 7.76. The molecule has 0 aliphatic heterocycles. The predicted molar refractivity (Wildman–Crippen MR) is 89.4 cm³/mol. The van der Waals surface area contributed by atoms with Crippen LogP contribution in [-0.4, -0.2) is 33.4 Å². The van der Waals surface area contributed by atoms with Gasteiger partial charge in [0, 0.05) is 13.7 Å². The Morgan fingerprint density at radius 1 is 1.10 bits per heavy atom. The van der Waals surface area contributed by atoms with E-state index < -0.39 is 0 Å². The molecule has 0 fully saturated rings. The van der Waals surface area contributed by atoms with Gasteiger partial charge in [-0.25, -0.2) is 0 Å². The molecule has 0 aliphatic carbocycles. The van der Waals surface area contributed by atoms with Gasteiger partial charge in [0.05, 0.1) is 13.2 Å². The van der Waals surface area contributed by atoms with Gasteiger partial charge in [-0.15, -0.1) is 0 Å². The molecular weight excluding hydrogens is 262 g/mol. The SMILES string of the molecule is CCc1ccc(OCCCNCCOC)c(C(C)(C)C)c1. The molecule has 0 bridgehead atoms. The van der Waals surface area contributed by atoms with E-state index in [0.717, 1.165) is 44.9 Å². The summed E-state index contributed by atoms with van der Waals surface area (Å²) in [4.78, 5) is 0. The summed E-state index contributed by atoms with van der Waals surface area (Å²) in [5, 5.41) is 3.33. The van der Waals surface area contributed by atoms with E-state index in [-0.39, 0.29) is 5.41 Å². The van der Waals surface area contributed by atoms with Crippen LogP contribution in [0.1, 0.15) is 45.2 Å². The van der Waals surface area contributed by atoms with Gasteiger partial charge < -0.3 is 14.8 Å². The highest BCUT2D eigenvalue weighted by Gasteiger charge is 2.19. The van der Waals surface area contributed by atoms with Gasteiger partial charge in [-0.05, 0) is 42.0 Å². The lowest BCUT2D eigenvalue weighted by Gasteiger charge is -2.23. The fourth-order valence-corrected chi connectivity index (χ4v) is 2.19. The van der Waals surface area contributed by atoms with Crippen molar-refractivity contribution >= 4 is 0 Å². The van der Waals surface area contributed by atoms with Crippen molar-refractivity contribution < 1.29 is 9.47 Å². The van der Waals surface area contributed by atoms with Crippen molar-refractivity contribution in [3.8, 4) is 5.75 Å². The Morgan fingerprint density at radius 3 is 2.48 bits per heavy atom. The van der Waals surface area contributed by atoms with Crippen molar-refractivity contribution in [3.63, 3.8) is 0 Å². The molecule has 1 aromatic carbocycles. The fraction of sp³-hybridized carbons (Fsp3) is 0.667. The average Bonchev–Trinajstić information content (AvgIpc) is 2.45. The Bertz CT molecular complexity index is 410. The first-order valence-corrected chi connectivity index (χ1v) is 7.95. The van der Waals surface area contributed by atoms with Crippen molar-refractivity contribution in [3.05, 3.63) is 29.3 Å². The van der Waals surface area contributed by atoms with E-state index in [1.807, 2.05) is 0 Å². The molecular formula is C18H31NO2. The van der Waals surface area contributed by atoms with Crippen LogP contribution in [0.15, 0.2) is 18.2 Å². The third-order valence-corrected chi connectivity index (χ3v) is 3.50. The summed E-state index contributed by atoms with van der Waals surface area (Å²) in [5.41, 5.74) is 2.78. The van der Waals surface area contributed by atoms with Crippen molar-refractivity contribution in [2.24, 2.45) is 0 Å². The summed E-state index contributed by atoms with van der Waals surface area (Å²) in [6.45, 7) is 12.3. The first-order chi connectivity index (χ1) is 9.99. The molecule has 1 rings (SSSR count). The van der Waals surface area contributed by atoms with E-state index in [1.165, 1.54) is 11.1 Å². The Labute approximate surface area is 130 Å². The molecule has 3 heteroatoms. The summed E-state index contributed by atoms with van der Waals surface area (Å²) >= 11 is 0. The minimum atomic E-state index is 0.108. The van der Waals surface area contributed by atoms with Gasteiger partial charge in [-0.2, -0.15) is 0 Å². The standard InChI is InChI=1S/C18H31NO2/c1-6-15-8-9-17(16(14-15)18(2,3)4)21-12-7-10-19-11-13-20-5/h8-9,14,19H,6-7,10-13H2,1-5H3. The van der Waals surface area contributed by atoms with Crippen molar-refractivity contribution in [2.75, 3.05) is 33.4 Å². The number of hydrogen-bond donors (Lipinski definition) is 1. The second-order valence-electron chi connectivity index (χ2n) is 6.38. The molecule has 0 aliphatic rings. The van der Waals surface area contributed by atoms with Gasteiger partial charge in [-0.1, -0.05) is 39.8 Å². The first kappa shape index (κ1) is 18.0. The second-order valence-corrected chi connectivity index (χ2v) is 6.38. The van der Waals surface area contributed by atoms with E-state index in [9.17, 15) is 0 Å². The van der Waals surface area contributed by atoms with E-state index in [2.05, 4.69) is 51.2 Å². The molecule has 0 saturated heterocycles. The number of rotatable bonds is 9. The summed E-state index contributed by atoms with van der Waals surface area (Å²) < 4.78 is 11.0. The summed E-state index contributed by atoms with van der Waals surface area (Å²) in [6.07, 6.45) is 2.07. The maximum atomic E-state index is 6.00. The highest BCUT2D eigenvalue weighted by molar-refractivity contribution is 5.41. The molecule has 0 aromatic heterocycles. The van der Waals surface area contributed by atoms with Crippen LogP contribution in [0.3, 0.4) is 0 Å². The number of benzene rings is 1. The lowest BCUT2D eigenvalue weighted by atomic mass is 9.85. The van der Waals surface area contributed by atoms with E-state index >= 15 is 0 Å². The molecule has 0 atom stereocenters. The summed E-state index contributed by atoms with van der Waals surface area (Å²) in [5.74, 6) is 1.02. The predicted octanol–water partition coefficient (Wildman–Crippen LogP) is 3.55. The maximum Gasteiger partial charge on any atom is 0.123 e. The van der Waals surface area contributed by atoms with Crippen LogP contribution in [0.5, 0.6) is 5.75 Å². The molecule has 0 radical (unpaired) electrons. The molecule has 0 saturated carbocycles. The van der Waals surface area contributed by atoms with Crippen LogP contribution in [0, 0.1) is 0 Å². The largest absolute Gasteiger partial charge is 0.493 e. The zero-order valence-electron chi connectivity index (χ0n) is 14.3. The Hall–Kier alpha value is -1.06. The van der Waals surface area contributed by atoms with E-state index in [0.29, 0.717) is 0 Å².